The number of aryl methyl sites for hydroxylation is 1. The van der Waals surface area contributed by atoms with Crippen LogP contribution in [0.15, 0.2) is 24.5 Å². The Kier molecular flexibility index (Phi) is 2.89. The number of hydrogen-bond donors (Lipinski definition) is 1. The van der Waals surface area contributed by atoms with Crippen molar-refractivity contribution < 1.29 is 5.11 Å². The molecular formula is C16H18N4O. The molecule has 3 heterocycles. The van der Waals surface area contributed by atoms with Crippen LogP contribution in [-0.4, -0.2) is 30.7 Å². The van der Waals surface area contributed by atoms with Crippen molar-refractivity contribution in [3.63, 3.8) is 0 Å². The first kappa shape index (κ1) is 12.7. The molecule has 3 aromatic heterocycles. The number of hydrogen-bond acceptors (Lipinski definition) is 4. The minimum Gasteiger partial charge on any atom is -0.393 e. The van der Waals surface area contributed by atoms with Crippen molar-refractivity contribution in [1.82, 2.24) is 19.5 Å². The number of fused-ring (bicyclic) bond motifs is 3. The summed E-state index contributed by atoms with van der Waals surface area (Å²) in [4.78, 5) is 13.6. The van der Waals surface area contributed by atoms with Gasteiger partial charge in [0.05, 0.1) is 23.3 Å². The molecule has 1 aliphatic carbocycles. The van der Waals surface area contributed by atoms with Crippen LogP contribution in [0.5, 0.6) is 0 Å². The highest BCUT2D eigenvalue weighted by atomic mass is 16.3. The van der Waals surface area contributed by atoms with Gasteiger partial charge in [-0.1, -0.05) is 0 Å². The highest BCUT2D eigenvalue weighted by Gasteiger charge is 2.25. The van der Waals surface area contributed by atoms with Gasteiger partial charge in [-0.2, -0.15) is 0 Å². The maximum atomic E-state index is 9.99. The molecule has 1 saturated carbocycles. The number of rotatable bonds is 1. The zero-order chi connectivity index (χ0) is 14.4. The Labute approximate surface area is 122 Å². The number of imidazole rings is 1. The molecule has 0 radical (unpaired) electrons. The van der Waals surface area contributed by atoms with Gasteiger partial charge in [0, 0.05) is 12.2 Å². The second-order valence-corrected chi connectivity index (χ2v) is 5.87. The third kappa shape index (κ3) is 2.00. The molecule has 2 atom stereocenters. The van der Waals surface area contributed by atoms with Gasteiger partial charge < -0.3 is 9.67 Å². The molecule has 1 fully saturated rings. The normalized spacial score (nSPS) is 23.0. The Morgan fingerprint density at radius 2 is 2.14 bits per heavy atom. The van der Waals surface area contributed by atoms with E-state index in [-0.39, 0.29) is 6.10 Å². The summed E-state index contributed by atoms with van der Waals surface area (Å²) in [6.45, 7) is 2.02. The molecular weight excluding hydrogens is 264 g/mol. The predicted octanol–water partition coefficient (Wildman–Crippen LogP) is 2.76. The molecule has 1 N–H and O–H groups in total. The van der Waals surface area contributed by atoms with E-state index in [1.165, 1.54) is 0 Å². The molecule has 0 aromatic carbocycles. The third-order valence-corrected chi connectivity index (χ3v) is 4.44. The lowest BCUT2D eigenvalue weighted by Gasteiger charge is -2.28. The van der Waals surface area contributed by atoms with Crippen LogP contribution in [0.3, 0.4) is 0 Å². The predicted molar refractivity (Wildman–Crippen MR) is 81.1 cm³/mol. The van der Waals surface area contributed by atoms with E-state index in [1.807, 2.05) is 25.3 Å². The first-order chi connectivity index (χ1) is 10.2. The van der Waals surface area contributed by atoms with Gasteiger partial charge in [0.2, 0.25) is 0 Å². The molecule has 5 nitrogen and oxygen atoms in total. The van der Waals surface area contributed by atoms with Crippen LogP contribution in [0.1, 0.15) is 37.5 Å². The zero-order valence-electron chi connectivity index (χ0n) is 12.0. The summed E-state index contributed by atoms with van der Waals surface area (Å²) in [6, 6.07) is 4.18. The molecule has 3 aromatic rings. The number of nitrogens with zero attached hydrogens (tertiary/aromatic N) is 4. The summed E-state index contributed by atoms with van der Waals surface area (Å²) < 4.78 is 2.26. The van der Waals surface area contributed by atoms with Crippen molar-refractivity contribution >= 4 is 22.1 Å². The molecule has 0 saturated heterocycles. The molecule has 5 heteroatoms. The van der Waals surface area contributed by atoms with Crippen LogP contribution in [0.4, 0.5) is 0 Å². The monoisotopic (exact) mass is 282 g/mol. The van der Waals surface area contributed by atoms with Crippen LogP contribution < -0.4 is 0 Å². The van der Waals surface area contributed by atoms with Crippen molar-refractivity contribution in [3.8, 4) is 0 Å². The highest BCUT2D eigenvalue weighted by molar-refractivity contribution is 5.99. The lowest BCUT2D eigenvalue weighted by Crippen LogP contribution is -2.23. The van der Waals surface area contributed by atoms with E-state index in [4.69, 9.17) is 0 Å². The Morgan fingerprint density at radius 3 is 3.00 bits per heavy atom. The molecule has 1 aliphatic rings. The molecule has 2 unspecified atom stereocenters. The van der Waals surface area contributed by atoms with Crippen molar-refractivity contribution in [1.29, 1.82) is 0 Å². The lowest BCUT2D eigenvalue weighted by molar-refractivity contribution is 0.104. The maximum absolute atomic E-state index is 9.99. The fourth-order valence-electron chi connectivity index (χ4n) is 3.53. The zero-order valence-corrected chi connectivity index (χ0v) is 12.0. The summed E-state index contributed by atoms with van der Waals surface area (Å²) >= 11 is 0. The summed E-state index contributed by atoms with van der Waals surface area (Å²) in [5.74, 6) is 0.976. The van der Waals surface area contributed by atoms with Gasteiger partial charge in [-0.25, -0.2) is 4.98 Å². The standard InChI is InChI=1S/C16H18N4O/c1-10-19-14-9-18-13-6-3-7-17-15(13)16(14)20(10)11-4-2-5-12(21)8-11/h3,6-7,9,11-12,21H,2,4-5,8H2,1H3. The lowest BCUT2D eigenvalue weighted by atomic mass is 9.92. The summed E-state index contributed by atoms with van der Waals surface area (Å²) in [5.41, 5.74) is 3.73. The minimum absolute atomic E-state index is 0.207. The van der Waals surface area contributed by atoms with Gasteiger partial charge in [0.15, 0.2) is 0 Å². The van der Waals surface area contributed by atoms with Gasteiger partial charge in [-0.3, -0.25) is 9.97 Å². The van der Waals surface area contributed by atoms with E-state index in [2.05, 4.69) is 19.5 Å². The number of pyridine rings is 2. The summed E-state index contributed by atoms with van der Waals surface area (Å²) in [5, 5.41) is 9.99. The number of aliphatic hydroxyl groups is 1. The number of aliphatic hydroxyl groups excluding tert-OH is 1. The second-order valence-electron chi connectivity index (χ2n) is 5.87. The average Bonchev–Trinajstić information content (AvgIpc) is 2.83. The fourth-order valence-corrected chi connectivity index (χ4v) is 3.53. The SMILES string of the molecule is Cc1nc2cnc3cccnc3c2n1C1CCCC(O)C1. The maximum Gasteiger partial charge on any atom is 0.115 e. The van der Waals surface area contributed by atoms with Gasteiger partial charge >= 0.3 is 0 Å². The highest BCUT2D eigenvalue weighted by Crippen LogP contribution is 2.34. The topological polar surface area (TPSA) is 63.8 Å². The van der Waals surface area contributed by atoms with Crippen LogP contribution in [0, 0.1) is 6.92 Å². The van der Waals surface area contributed by atoms with Crippen molar-refractivity contribution in [2.45, 2.75) is 44.8 Å². The van der Waals surface area contributed by atoms with E-state index in [0.29, 0.717) is 6.04 Å². The van der Waals surface area contributed by atoms with Crippen LogP contribution >= 0.6 is 0 Å². The first-order valence-electron chi connectivity index (χ1n) is 7.50. The van der Waals surface area contributed by atoms with Gasteiger partial charge in [0.1, 0.15) is 16.9 Å². The quantitative estimate of drug-likeness (QED) is 0.745. The third-order valence-electron chi connectivity index (χ3n) is 4.44. The minimum atomic E-state index is -0.207. The van der Waals surface area contributed by atoms with E-state index < -0.39 is 0 Å². The van der Waals surface area contributed by atoms with Gasteiger partial charge in [-0.05, 0) is 44.7 Å². The fraction of sp³-hybridized carbons (Fsp3) is 0.438. The van der Waals surface area contributed by atoms with Crippen molar-refractivity contribution in [2.75, 3.05) is 0 Å². The van der Waals surface area contributed by atoms with Crippen LogP contribution in [0.25, 0.3) is 22.1 Å². The van der Waals surface area contributed by atoms with Crippen molar-refractivity contribution in [2.24, 2.45) is 0 Å². The molecule has 21 heavy (non-hydrogen) atoms. The summed E-state index contributed by atoms with van der Waals surface area (Å²) in [6.07, 6.45) is 7.25. The number of aromatic nitrogens is 4. The Balaban J connectivity index is 1.98. The van der Waals surface area contributed by atoms with E-state index in [0.717, 1.165) is 53.6 Å². The molecule has 0 aliphatic heterocycles. The van der Waals surface area contributed by atoms with E-state index in [1.54, 1.807) is 6.20 Å². The molecule has 0 bridgehead atoms. The summed E-state index contributed by atoms with van der Waals surface area (Å²) in [7, 11) is 0. The van der Waals surface area contributed by atoms with Gasteiger partial charge in [-0.15, -0.1) is 0 Å². The smallest absolute Gasteiger partial charge is 0.115 e. The van der Waals surface area contributed by atoms with E-state index in [9.17, 15) is 5.11 Å². The molecule has 108 valence electrons. The molecule has 0 spiro atoms. The van der Waals surface area contributed by atoms with Crippen LogP contribution in [-0.2, 0) is 0 Å². The Morgan fingerprint density at radius 1 is 1.24 bits per heavy atom. The molecule has 4 rings (SSSR count). The van der Waals surface area contributed by atoms with Crippen molar-refractivity contribution in [3.05, 3.63) is 30.4 Å². The average molecular weight is 282 g/mol. The first-order valence-corrected chi connectivity index (χ1v) is 7.50. The molecule has 0 amide bonds. The van der Waals surface area contributed by atoms with Crippen LogP contribution in [0.2, 0.25) is 0 Å². The largest absolute Gasteiger partial charge is 0.393 e. The van der Waals surface area contributed by atoms with E-state index >= 15 is 0 Å². The van der Waals surface area contributed by atoms with Gasteiger partial charge in [0.25, 0.3) is 0 Å². The Bertz CT molecular complexity index is 810. The Hall–Kier alpha value is -2.01. The second kappa shape index (κ2) is 4.77.